The van der Waals surface area contributed by atoms with Crippen LogP contribution in [0.25, 0.3) is 0 Å². The fourth-order valence-electron chi connectivity index (χ4n) is 3.85. The lowest BCUT2D eigenvalue weighted by Gasteiger charge is -2.43. The van der Waals surface area contributed by atoms with Crippen molar-refractivity contribution in [2.24, 2.45) is 0 Å². The van der Waals surface area contributed by atoms with Gasteiger partial charge in [0.25, 0.3) is 0 Å². The maximum absolute atomic E-state index is 12.8. The Morgan fingerprint density at radius 3 is 2.50 bits per heavy atom. The number of carbonyl (C=O) groups excluding carboxylic acids is 1. The maximum atomic E-state index is 12.8. The SMILES string of the molecule is CS(=O)(=O)CCC(=O)N1CCO[C@@H](CN2CCCC2)[C@@H]1c1ccccc1. The molecular formula is C19H28N2O4S. The summed E-state index contributed by atoms with van der Waals surface area (Å²) < 4.78 is 29.0. The minimum Gasteiger partial charge on any atom is -0.373 e. The van der Waals surface area contributed by atoms with Crippen molar-refractivity contribution in [2.75, 3.05) is 44.8 Å². The van der Waals surface area contributed by atoms with Gasteiger partial charge in [0.1, 0.15) is 9.84 Å². The topological polar surface area (TPSA) is 66.9 Å². The minimum atomic E-state index is -3.16. The van der Waals surface area contributed by atoms with Gasteiger partial charge in [-0.3, -0.25) is 4.79 Å². The van der Waals surface area contributed by atoms with Crippen LogP contribution in [0.5, 0.6) is 0 Å². The molecule has 0 N–H and O–H groups in total. The average molecular weight is 381 g/mol. The standard InChI is InChI=1S/C19H28N2O4S/c1-26(23,24)14-9-18(22)21-12-13-25-17(15-20-10-5-6-11-20)19(21)16-7-3-2-4-8-16/h2-4,7-8,17,19H,5-6,9-15H2,1H3/t17-,19-/m0/s1. The molecule has 0 spiro atoms. The molecule has 2 aliphatic rings. The number of ether oxygens (including phenoxy) is 1. The number of hydrogen-bond donors (Lipinski definition) is 0. The van der Waals surface area contributed by atoms with Gasteiger partial charge in [0.15, 0.2) is 0 Å². The minimum absolute atomic E-state index is 0.0264. The van der Waals surface area contributed by atoms with Gasteiger partial charge in [-0.2, -0.15) is 0 Å². The van der Waals surface area contributed by atoms with Crippen LogP contribution in [-0.4, -0.2) is 75.0 Å². The maximum Gasteiger partial charge on any atom is 0.224 e. The summed E-state index contributed by atoms with van der Waals surface area (Å²) in [7, 11) is -3.16. The number of rotatable bonds is 6. The highest BCUT2D eigenvalue weighted by Gasteiger charge is 2.37. The number of benzene rings is 1. The molecule has 2 fully saturated rings. The molecule has 2 saturated heterocycles. The van der Waals surface area contributed by atoms with E-state index in [4.69, 9.17) is 4.74 Å². The van der Waals surface area contributed by atoms with Crippen molar-refractivity contribution in [2.45, 2.75) is 31.4 Å². The van der Waals surface area contributed by atoms with E-state index < -0.39 is 9.84 Å². The monoisotopic (exact) mass is 380 g/mol. The first-order valence-electron chi connectivity index (χ1n) is 9.30. The molecule has 2 heterocycles. The van der Waals surface area contributed by atoms with Gasteiger partial charge in [0, 0.05) is 25.8 Å². The Bertz CT molecular complexity index is 702. The number of likely N-dealkylation sites (tertiary alicyclic amines) is 1. The predicted molar refractivity (Wildman–Crippen MR) is 101 cm³/mol. The van der Waals surface area contributed by atoms with Crippen molar-refractivity contribution in [3.63, 3.8) is 0 Å². The lowest BCUT2D eigenvalue weighted by molar-refractivity contribution is -0.147. The van der Waals surface area contributed by atoms with E-state index in [1.54, 1.807) is 0 Å². The Kier molecular flexibility index (Phi) is 6.32. The quantitative estimate of drug-likeness (QED) is 0.748. The lowest BCUT2D eigenvalue weighted by Crippen LogP contribution is -2.51. The smallest absolute Gasteiger partial charge is 0.224 e. The van der Waals surface area contributed by atoms with Crippen LogP contribution >= 0.6 is 0 Å². The Morgan fingerprint density at radius 1 is 1.15 bits per heavy atom. The van der Waals surface area contributed by atoms with Crippen molar-refractivity contribution in [1.29, 1.82) is 0 Å². The number of amides is 1. The number of morpholine rings is 1. The van der Waals surface area contributed by atoms with Crippen LogP contribution in [0.15, 0.2) is 30.3 Å². The van der Waals surface area contributed by atoms with E-state index >= 15 is 0 Å². The second-order valence-corrected chi connectivity index (χ2v) is 9.50. The van der Waals surface area contributed by atoms with E-state index in [9.17, 15) is 13.2 Å². The van der Waals surface area contributed by atoms with Gasteiger partial charge in [-0.25, -0.2) is 8.42 Å². The van der Waals surface area contributed by atoms with Crippen LogP contribution in [0, 0.1) is 0 Å². The Balaban J connectivity index is 1.80. The number of nitrogens with zero attached hydrogens (tertiary/aromatic N) is 2. The molecule has 0 unspecified atom stereocenters. The summed E-state index contributed by atoms with van der Waals surface area (Å²) in [5, 5.41) is 0. The molecule has 0 radical (unpaired) electrons. The molecule has 6 nitrogen and oxygen atoms in total. The summed E-state index contributed by atoms with van der Waals surface area (Å²) in [6.45, 7) is 3.94. The average Bonchev–Trinajstić information content (AvgIpc) is 3.12. The van der Waals surface area contributed by atoms with E-state index in [-0.39, 0.29) is 30.2 Å². The molecule has 7 heteroatoms. The lowest BCUT2D eigenvalue weighted by atomic mass is 9.97. The highest BCUT2D eigenvalue weighted by molar-refractivity contribution is 7.90. The Hall–Kier alpha value is -1.44. The largest absolute Gasteiger partial charge is 0.373 e. The summed E-state index contributed by atoms with van der Waals surface area (Å²) in [5.74, 6) is -0.222. The molecule has 3 rings (SSSR count). The van der Waals surface area contributed by atoms with Gasteiger partial charge in [-0.15, -0.1) is 0 Å². The van der Waals surface area contributed by atoms with Crippen LogP contribution in [0.1, 0.15) is 30.9 Å². The zero-order valence-corrected chi connectivity index (χ0v) is 16.2. The van der Waals surface area contributed by atoms with Crippen molar-refractivity contribution < 1.29 is 17.9 Å². The van der Waals surface area contributed by atoms with E-state index in [0.29, 0.717) is 13.2 Å². The third kappa shape index (κ3) is 5.05. The van der Waals surface area contributed by atoms with E-state index in [2.05, 4.69) is 4.90 Å². The molecule has 26 heavy (non-hydrogen) atoms. The van der Waals surface area contributed by atoms with Gasteiger partial charge >= 0.3 is 0 Å². The van der Waals surface area contributed by atoms with Crippen LogP contribution in [0.4, 0.5) is 0 Å². The first-order chi connectivity index (χ1) is 12.4. The number of sulfone groups is 1. The number of carbonyl (C=O) groups is 1. The van der Waals surface area contributed by atoms with Crippen LogP contribution in [0.3, 0.4) is 0 Å². The zero-order valence-electron chi connectivity index (χ0n) is 15.3. The summed E-state index contributed by atoms with van der Waals surface area (Å²) in [6, 6.07) is 9.77. The molecule has 0 aromatic heterocycles. The van der Waals surface area contributed by atoms with Crippen molar-refractivity contribution in [3.05, 3.63) is 35.9 Å². The molecule has 1 aromatic carbocycles. The third-order valence-electron chi connectivity index (χ3n) is 5.14. The van der Waals surface area contributed by atoms with Crippen LogP contribution < -0.4 is 0 Å². The molecular weight excluding hydrogens is 352 g/mol. The second kappa shape index (κ2) is 8.50. The summed E-state index contributed by atoms with van der Waals surface area (Å²) in [4.78, 5) is 17.0. The Labute approximate surface area is 156 Å². The normalized spacial score (nSPS) is 24.7. The third-order valence-corrected chi connectivity index (χ3v) is 6.08. The Morgan fingerprint density at radius 2 is 1.85 bits per heavy atom. The highest BCUT2D eigenvalue weighted by Crippen LogP contribution is 2.31. The van der Waals surface area contributed by atoms with Crippen LogP contribution in [-0.2, 0) is 19.4 Å². The molecule has 0 bridgehead atoms. The van der Waals surface area contributed by atoms with E-state index in [1.807, 2.05) is 35.2 Å². The molecule has 144 valence electrons. The fourth-order valence-corrected chi connectivity index (χ4v) is 4.39. The molecule has 1 aromatic rings. The summed E-state index contributed by atoms with van der Waals surface area (Å²) in [5.41, 5.74) is 1.05. The number of hydrogen-bond acceptors (Lipinski definition) is 5. The van der Waals surface area contributed by atoms with Gasteiger partial charge in [-0.05, 0) is 31.5 Å². The first kappa shape index (κ1) is 19.3. The summed E-state index contributed by atoms with van der Waals surface area (Å²) >= 11 is 0. The van der Waals surface area contributed by atoms with E-state index in [0.717, 1.165) is 25.2 Å². The van der Waals surface area contributed by atoms with Crippen molar-refractivity contribution in [1.82, 2.24) is 9.80 Å². The van der Waals surface area contributed by atoms with Crippen LogP contribution in [0.2, 0.25) is 0 Å². The molecule has 0 aliphatic carbocycles. The van der Waals surface area contributed by atoms with Gasteiger partial charge in [0.2, 0.25) is 5.91 Å². The van der Waals surface area contributed by atoms with Crippen molar-refractivity contribution >= 4 is 15.7 Å². The molecule has 0 saturated carbocycles. The zero-order chi connectivity index (χ0) is 18.6. The van der Waals surface area contributed by atoms with Crippen molar-refractivity contribution in [3.8, 4) is 0 Å². The molecule has 1 amide bonds. The summed E-state index contributed by atoms with van der Waals surface area (Å²) in [6.07, 6.45) is 3.52. The van der Waals surface area contributed by atoms with Gasteiger partial charge in [-0.1, -0.05) is 30.3 Å². The first-order valence-corrected chi connectivity index (χ1v) is 11.4. The predicted octanol–water partition coefficient (Wildman–Crippen LogP) is 1.49. The highest BCUT2D eigenvalue weighted by atomic mass is 32.2. The van der Waals surface area contributed by atoms with E-state index in [1.165, 1.54) is 19.1 Å². The second-order valence-electron chi connectivity index (χ2n) is 7.24. The molecule has 2 aliphatic heterocycles. The fraction of sp³-hybridized carbons (Fsp3) is 0.632. The van der Waals surface area contributed by atoms with Gasteiger partial charge in [0.05, 0.1) is 24.5 Å². The molecule has 2 atom stereocenters. The van der Waals surface area contributed by atoms with Gasteiger partial charge < -0.3 is 14.5 Å².